The summed E-state index contributed by atoms with van der Waals surface area (Å²) in [5, 5.41) is 2.83. The summed E-state index contributed by atoms with van der Waals surface area (Å²) in [6.07, 6.45) is 5.73. The number of rotatable bonds is 3. The molecule has 0 atom stereocenters. The minimum atomic E-state index is -0.349. The second kappa shape index (κ2) is 5.31. The van der Waals surface area contributed by atoms with E-state index in [1.807, 2.05) is 0 Å². The van der Waals surface area contributed by atoms with Crippen LogP contribution >= 0.6 is 11.6 Å². The van der Waals surface area contributed by atoms with Crippen LogP contribution in [0, 0.1) is 0 Å². The molecule has 7 heteroatoms. The molecule has 0 spiro atoms. The van der Waals surface area contributed by atoms with Gasteiger partial charge in [0.25, 0.3) is 5.91 Å². The Morgan fingerprint density at radius 1 is 1.35 bits per heavy atom. The van der Waals surface area contributed by atoms with Gasteiger partial charge in [-0.15, -0.1) is 0 Å². The van der Waals surface area contributed by atoms with E-state index >= 15 is 0 Å². The molecule has 0 aliphatic carbocycles. The molecule has 0 saturated heterocycles. The fourth-order valence-electron chi connectivity index (χ4n) is 1.14. The third-order valence-corrected chi connectivity index (χ3v) is 2.09. The number of aromatic nitrogens is 4. The Bertz CT molecular complexity index is 519. The molecule has 0 aliphatic rings. The Morgan fingerprint density at radius 3 is 2.94 bits per heavy atom. The van der Waals surface area contributed by atoms with Gasteiger partial charge in [-0.1, -0.05) is 11.6 Å². The van der Waals surface area contributed by atoms with E-state index in [1.54, 1.807) is 12.3 Å². The molecule has 0 unspecified atom stereocenters. The fourth-order valence-corrected chi connectivity index (χ4v) is 1.28. The number of hydrogen-bond acceptors (Lipinski definition) is 5. The zero-order chi connectivity index (χ0) is 12.1. The first-order chi connectivity index (χ1) is 8.25. The van der Waals surface area contributed by atoms with Crippen molar-refractivity contribution in [3.8, 4) is 0 Å². The molecule has 17 heavy (non-hydrogen) atoms. The van der Waals surface area contributed by atoms with E-state index in [4.69, 9.17) is 11.6 Å². The number of nitrogens with zero attached hydrogens (tertiary/aromatic N) is 4. The lowest BCUT2D eigenvalue weighted by Gasteiger charge is -2.03. The molecule has 1 amide bonds. The lowest BCUT2D eigenvalue weighted by Crippen LogP contribution is -2.24. The van der Waals surface area contributed by atoms with E-state index in [0.717, 1.165) is 0 Å². The second-order valence-corrected chi connectivity index (χ2v) is 3.50. The number of nitrogens with one attached hydrogen (secondary N) is 1. The van der Waals surface area contributed by atoms with Gasteiger partial charge in [0.05, 0.1) is 24.6 Å². The number of carbonyl (C=O) groups is 1. The van der Waals surface area contributed by atoms with Crippen molar-refractivity contribution in [2.24, 2.45) is 0 Å². The van der Waals surface area contributed by atoms with Crippen LogP contribution in [0.5, 0.6) is 0 Å². The molecule has 0 aliphatic heterocycles. The van der Waals surface area contributed by atoms with Gasteiger partial charge in [-0.05, 0) is 6.07 Å². The van der Waals surface area contributed by atoms with Gasteiger partial charge in [-0.2, -0.15) is 0 Å². The SMILES string of the molecule is O=C(NCc1ccncn1)c1cncc(Cl)n1. The second-order valence-electron chi connectivity index (χ2n) is 3.11. The molecule has 2 rings (SSSR count). The smallest absolute Gasteiger partial charge is 0.271 e. The van der Waals surface area contributed by atoms with Crippen molar-refractivity contribution in [1.29, 1.82) is 0 Å². The van der Waals surface area contributed by atoms with E-state index in [-0.39, 0.29) is 16.8 Å². The van der Waals surface area contributed by atoms with Crippen LogP contribution in [-0.2, 0) is 6.54 Å². The summed E-state index contributed by atoms with van der Waals surface area (Å²) in [5.41, 5.74) is 0.884. The predicted octanol–water partition coefficient (Wildman–Crippen LogP) is 0.850. The normalized spacial score (nSPS) is 9.94. The predicted molar refractivity (Wildman–Crippen MR) is 60.2 cm³/mol. The summed E-state index contributed by atoms with van der Waals surface area (Å²) in [6, 6.07) is 1.71. The Morgan fingerprint density at radius 2 is 2.24 bits per heavy atom. The lowest BCUT2D eigenvalue weighted by atomic mass is 10.3. The van der Waals surface area contributed by atoms with Crippen molar-refractivity contribution in [2.45, 2.75) is 6.54 Å². The first-order valence-corrected chi connectivity index (χ1v) is 5.14. The maximum Gasteiger partial charge on any atom is 0.271 e. The molecule has 0 aromatic carbocycles. The largest absolute Gasteiger partial charge is 0.345 e. The Labute approximate surface area is 102 Å². The van der Waals surface area contributed by atoms with Crippen molar-refractivity contribution in [2.75, 3.05) is 0 Å². The first kappa shape index (κ1) is 11.4. The number of carbonyl (C=O) groups excluding carboxylic acids is 1. The van der Waals surface area contributed by atoms with Crippen LogP contribution in [0.15, 0.2) is 31.0 Å². The summed E-state index contributed by atoms with van der Waals surface area (Å²) in [6.45, 7) is 0.301. The average molecular weight is 250 g/mol. The topological polar surface area (TPSA) is 80.7 Å². The molecule has 1 N–H and O–H groups in total. The molecular formula is C10H8ClN5O. The zero-order valence-corrected chi connectivity index (χ0v) is 9.42. The van der Waals surface area contributed by atoms with Crippen molar-refractivity contribution in [3.05, 3.63) is 47.5 Å². The van der Waals surface area contributed by atoms with E-state index < -0.39 is 0 Å². The van der Waals surface area contributed by atoms with Crippen molar-refractivity contribution in [1.82, 2.24) is 25.3 Å². The fraction of sp³-hybridized carbons (Fsp3) is 0.100. The van der Waals surface area contributed by atoms with Crippen LogP contribution in [0.4, 0.5) is 0 Å². The molecule has 0 saturated carbocycles. The van der Waals surface area contributed by atoms with Gasteiger partial charge in [-0.25, -0.2) is 15.0 Å². The van der Waals surface area contributed by atoms with Gasteiger partial charge in [0.2, 0.25) is 0 Å². The minimum absolute atomic E-state index is 0.173. The van der Waals surface area contributed by atoms with E-state index in [9.17, 15) is 4.79 Å². The highest BCUT2D eigenvalue weighted by Crippen LogP contribution is 2.02. The third-order valence-electron chi connectivity index (χ3n) is 1.91. The van der Waals surface area contributed by atoms with E-state index in [0.29, 0.717) is 12.2 Å². The Balaban J connectivity index is 1.98. The van der Waals surface area contributed by atoms with Crippen LogP contribution in [0.3, 0.4) is 0 Å². The molecule has 6 nitrogen and oxygen atoms in total. The molecule has 2 aromatic heterocycles. The number of halogens is 1. The standard InChI is InChI=1S/C10H8ClN5O/c11-9-5-13-4-8(16-9)10(17)14-3-7-1-2-12-6-15-7/h1-2,4-6H,3H2,(H,14,17). The Kier molecular flexibility index (Phi) is 3.56. The number of amides is 1. The molecule has 0 bridgehead atoms. The monoisotopic (exact) mass is 249 g/mol. The summed E-state index contributed by atoms with van der Waals surface area (Å²) in [5.74, 6) is -0.349. The van der Waals surface area contributed by atoms with Gasteiger partial charge in [-0.3, -0.25) is 9.78 Å². The summed E-state index contributed by atoms with van der Waals surface area (Å²) < 4.78 is 0. The van der Waals surface area contributed by atoms with E-state index in [1.165, 1.54) is 18.7 Å². The van der Waals surface area contributed by atoms with Crippen LogP contribution in [0.25, 0.3) is 0 Å². The Hall–Kier alpha value is -2.08. The van der Waals surface area contributed by atoms with Crippen LogP contribution in [-0.4, -0.2) is 25.8 Å². The van der Waals surface area contributed by atoms with Gasteiger partial charge in [0.15, 0.2) is 0 Å². The van der Waals surface area contributed by atoms with Gasteiger partial charge >= 0.3 is 0 Å². The van der Waals surface area contributed by atoms with Gasteiger partial charge in [0, 0.05) is 6.20 Å². The quantitative estimate of drug-likeness (QED) is 0.872. The first-order valence-electron chi connectivity index (χ1n) is 4.76. The molecule has 86 valence electrons. The average Bonchev–Trinajstić information content (AvgIpc) is 2.37. The molecule has 0 radical (unpaired) electrons. The summed E-state index contributed by atoms with van der Waals surface area (Å²) in [7, 11) is 0. The van der Waals surface area contributed by atoms with Gasteiger partial charge < -0.3 is 5.32 Å². The lowest BCUT2D eigenvalue weighted by molar-refractivity contribution is 0.0945. The van der Waals surface area contributed by atoms with Crippen molar-refractivity contribution < 1.29 is 4.79 Å². The van der Waals surface area contributed by atoms with Crippen LogP contribution < -0.4 is 5.32 Å². The molecular weight excluding hydrogens is 242 g/mol. The molecule has 2 heterocycles. The van der Waals surface area contributed by atoms with Gasteiger partial charge in [0.1, 0.15) is 17.2 Å². The number of hydrogen-bond donors (Lipinski definition) is 1. The maximum absolute atomic E-state index is 11.7. The highest BCUT2D eigenvalue weighted by molar-refractivity contribution is 6.29. The minimum Gasteiger partial charge on any atom is -0.345 e. The van der Waals surface area contributed by atoms with Crippen LogP contribution in [0.2, 0.25) is 5.15 Å². The summed E-state index contributed by atoms with van der Waals surface area (Å²) in [4.78, 5) is 27.0. The maximum atomic E-state index is 11.7. The third kappa shape index (κ3) is 3.18. The molecule has 2 aromatic rings. The van der Waals surface area contributed by atoms with Crippen molar-refractivity contribution in [3.63, 3.8) is 0 Å². The van der Waals surface area contributed by atoms with E-state index in [2.05, 4.69) is 25.3 Å². The zero-order valence-electron chi connectivity index (χ0n) is 8.67. The van der Waals surface area contributed by atoms with Crippen molar-refractivity contribution >= 4 is 17.5 Å². The molecule has 0 fully saturated rings. The summed E-state index contributed by atoms with van der Waals surface area (Å²) >= 11 is 5.63. The highest BCUT2D eigenvalue weighted by Gasteiger charge is 2.07. The van der Waals surface area contributed by atoms with Crippen LogP contribution in [0.1, 0.15) is 16.2 Å². The highest BCUT2D eigenvalue weighted by atomic mass is 35.5.